The summed E-state index contributed by atoms with van der Waals surface area (Å²) in [4.78, 5) is 39.1. The van der Waals surface area contributed by atoms with Gasteiger partial charge in [0, 0.05) is 30.5 Å². The Morgan fingerprint density at radius 3 is 2.47 bits per heavy atom. The minimum atomic E-state index is -4.55. The van der Waals surface area contributed by atoms with E-state index in [0.29, 0.717) is 31.6 Å². The normalized spacial score (nSPS) is 14.8. The van der Waals surface area contributed by atoms with E-state index in [2.05, 4.69) is 5.32 Å². The Hall–Kier alpha value is -3.30. The Bertz CT molecular complexity index is 1060. The Morgan fingerprint density at radius 2 is 1.84 bits per heavy atom. The maximum absolute atomic E-state index is 13.1. The topological polar surface area (TPSA) is 80.6 Å². The van der Waals surface area contributed by atoms with Crippen LogP contribution in [-0.4, -0.2) is 47.2 Å². The van der Waals surface area contributed by atoms with Crippen LogP contribution in [0.25, 0.3) is 5.69 Å². The molecule has 2 amide bonds. The SMILES string of the molecule is CCOC(=O)N1CCC(NC(=O)c2ccc(C)n(-c3cccc(C(F)(F)F)c3)c2=O)CC1. The predicted octanol–water partition coefficient (Wildman–Crippen LogP) is 3.52. The van der Waals surface area contributed by atoms with Gasteiger partial charge in [0.05, 0.1) is 12.2 Å². The van der Waals surface area contributed by atoms with Crippen molar-refractivity contribution >= 4 is 12.0 Å². The molecule has 1 fully saturated rings. The predicted molar refractivity (Wildman–Crippen MR) is 111 cm³/mol. The van der Waals surface area contributed by atoms with Crippen molar-refractivity contribution < 1.29 is 27.5 Å². The molecule has 32 heavy (non-hydrogen) atoms. The lowest BCUT2D eigenvalue weighted by molar-refractivity contribution is -0.137. The molecule has 0 atom stereocenters. The molecule has 3 rings (SSSR count). The summed E-state index contributed by atoms with van der Waals surface area (Å²) in [5.74, 6) is -0.606. The number of rotatable bonds is 4. The summed E-state index contributed by atoms with van der Waals surface area (Å²) in [7, 11) is 0. The van der Waals surface area contributed by atoms with E-state index in [-0.39, 0.29) is 23.9 Å². The van der Waals surface area contributed by atoms with Gasteiger partial charge in [0.1, 0.15) is 5.56 Å². The fourth-order valence-corrected chi connectivity index (χ4v) is 3.63. The van der Waals surface area contributed by atoms with E-state index in [9.17, 15) is 27.6 Å². The average molecular weight is 451 g/mol. The molecule has 0 bridgehead atoms. The first-order chi connectivity index (χ1) is 15.1. The van der Waals surface area contributed by atoms with Crippen molar-refractivity contribution in [2.75, 3.05) is 19.7 Å². The zero-order chi connectivity index (χ0) is 23.5. The number of halogens is 3. The molecule has 1 aromatic carbocycles. The smallest absolute Gasteiger partial charge is 0.416 e. The van der Waals surface area contributed by atoms with E-state index in [1.807, 2.05) is 0 Å². The van der Waals surface area contributed by atoms with E-state index in [0.717, 1.165) is 16.7 Å². The maximum atomic E-state index is 13.1. The Kier molecular flexibility index (Phi) is 6.90. The van der Waals surface area contributed by atoms with E-state index in [4.69, 9.17) is 4.74 Å². The van der Waals surface area contributed by atoms with Crippen LogP contribution in [0.5, 0.6) is 0 Å². The number of nitrogens with one attached hydrogen (secondary N) is 1. The number of carbonyl (C=O) groups excluding carboxylic acids is 2. The van der Waals surface area contributed by atoms with Gasteiger partial charge < -0.3 is 15.0 Å². The van der Waals surface area contributed by atoms with Crippen molar-refractivity contribution in [3.8, 4) is 5.69 Å². The summed E-state index contributed by atoms with van der Waals surface area (Å²) in [5.41, 5.74) is -1.33. The van der Waals surface area contributed by atoms with E-state index >= 15 is 0 Å². The number of ether oxygens (including phenoxy) is 1. The second-order valence-electron chi connectivity index (χ2n) is 7.51. The third-order valence-electron chi connectivity index (χ3n) is 5.31. The Morgan fingerprint density at radius 1 is 1.16 bits per heavy atom. The van der Waals surface area contributed by atoms with Gasteiger partial charge in [-0.15, -0.1) is 0 Å². The van der Waals surface area contributed by atoms with Gasteiger partial charge in [-0.3, -0.25) is 14.2 Å². The van der Waals surface area contributed by atoms with E-state index in [1.54, 1.807) is 18.7 Å². The molecule has 1 N–H and O–H groups in total. The van der Waals surface area contributed by atoms with Crippen molar-refractivity contribution in [3.05, 3.63) is 63.6 Å². The summed E-state index contributed by atoms with van der Waals surface area (Å²) < 4.78 is 45.3. The highest BCUT2D eigenvalue weighted by molar-refractivity contribution is 5.94. The van der Waals surface area contributed by atoms with Crippen LogP contribution in [0.2, 0.25) is 0 Å². The number of aryl methyl sites for hydroxylation is 1. The van der Waals surface area contributed by atoms with Crippen LogP contribution in [0.1, 0.15) is 41.4 Å². The summed E-state index contributed by atoms with van der Waals surface area (Å²) in [5, 5.41) is 2.79. The summed E-state index contributed by atoms with van der Waals surface area (Å²) in [6, 6.07) is 7.04. The van der Waals surface area contributed by atoms with Crippen LogP contribution in [-0.2, 0) is 10.9 Å². The number of piperidine rings is 1. The number of hydrogen-bond acceptors (Lipinski definition) is 4. The number of carbonyl (C=O) groups is 2. The quantitative estimate of drug-likeness (QED) is 0.772. The van der Waals surface area contributed by atoms with E-state index in [1.165, 1.54) is 24.3 Å². The van der Waals surface area contributed by atoms with Gasteiger partial charge in [-0.1, -0.05) is 6.07 Å². The summed E-state index contributed by atoms with van der Waals surface area (Å²) >= 11 is 0. The number of nitrogens with zero attached hydrogens (tertiary/aromatic N) is 2. The first kappa shape index (κ1) is 23.4. The highest BCUT2D eigenvalue weighted by atomic mass is 19.4. The molecule has 0 saturated carbocycles. The lowest BCUT2D eigenvalue weighted by Gasteiger charge is -2.31. The summed E-state index contributed by atoms with van der Waals surface area (Å²) in [6.45, 7) is 4.40. The molecular weight excluding hydrogens is 427 g/mol. The molecule has 1 aliphatic rings. The van der Waals surface area contributed by atoms with Gasteiger partial charge in [0.2, 0.25) is 0 Å². The first-order valence-corrected chi connectivity index (χ1v) is 10.2. The second kappa shape index (κ2) is 9.46. The van der Waals surface area contributed by atoms with Crippen LogP contribution in [0.3, 0.4) is 0 Å². The standard InChI is InChI=1S/C22H24F3N3O4/c1-3-32-21(31)27-11-9-16(10-12-27)26-19(29)18-8-7-14(2)28(20(18)30)17-6-4-5-15(13-17)22(23,24)25/h4-8,13,16H,3,9-12H2,1-2H3,(H,26,29). The van der Waals surface area contributed by atoms with Crippen molar-refractivity contribution in [3.63, 3.8) is 0 Å². The molecule has 1 aromatic heterocycles. The van der Waals surface area contributed by atoms with Gasteiger partial charge in [0.15, 0.2) is 0 Å². The largest absolute Gasteiger partial charge is 0.450 e. The zero-order valence-electron chi connectivity index (χ0n) is 17.7. The van der Waals surface area contributed by atoms with Gasteiger partial charge in [-0.2, -0.15) is 13.2 Å². The van der Waals surface area contributed by atoms with Crippen molar-refractivity contribution in [2.24, 2.45) is 0 Å². The van der Waals surface area contributed by atoms with Crippen molar-refractivity contribution in [1.82, 2.24) is 14.8 Å². The molecule has 0 radical (unpaired) electrons. The monoisotopic (exact) mass is 451 g/mol. The lowest BCUT2D eigenvalue weighted by atomic mass is 10.0. The third-order valence-corrected chi connectivity index (χ3v) is 5.31. The maximum Gasteiger partial charge on any atom is 0.416 e. The molecular formula is C22H24F3N3O4. The van der Waals surface area contributed by atoms with Crippen LogP contribution in [0.15, 0.2) is 41.2 Å². The first-order valence-electron chi connectivity index (χ1n) is 10.2. The molecule has 172 valence electrons. The van der Waals surface area contributed by atoms with Crippen molar-refractivity contribution in [1.29, 1.82) is 0 Å². The van der Waals surface area contributed by atoms with Crippen LogP contribution in [0, 0.1) is 6.92 Å². The average Bonchev–Trinajstić information content (AvgIpc) is 2.74. The number of alkyl halides is 3. The summed E-state index contributed by atoms with van der Waals surface area (Å²) in [6.07, 6.45) is -3.96. The number of amides is 2. The minimum Gasteiger partial charge on any atom is -0.450 e. The number of pyridine rings is 1. The number of likely N-dealkylation sites (tertiary alicyclic amines) is 1. The highest BCUT2D eigenvalue weighted by Crippen LogP contribution is 2.30. The third kappa shape index (κ3) is 5.12. The van der Waals surface area contributed by atoms with E-state index < -0.39 is 29.3 Å². The number of benzene rings is 1. The molecule has 0 aliphatic carbocycles. The van der Waals surface area contributed by atoms with Crippen molar-refractivity contribution in [2.45, 2.75) is 38.9 Å². The fraction of sp³-hybridized carbons (Fsp3) is 0.409. The number of hydrogen-bond donors (Lipinski definition) is 1. The van der Waals surface area contributed by atoms with Crippen LogP contribution < -0.4 is 10.9 Å². The Balaban J connectivity index is 1.78. The molecule has 2 heterocycles. The lowest BCUT2D eigenvalue weighted by Crippen LogP contribution is -2.47. The second-order valence-corrected chi connectivity index (χ2v) is 7.51. The molecule has 0 spiro atoms. The fourth-order valence-electron chi connectivity index (χ4n) is 3.63. The molecule has 7 nitrogen and oxygen atoms in total. The van der Waals surface area contributed by atoms with Gasteiger partial charge >= 0.3 is 12.3 Å². The van der Waals surface area contributed by atoms with Crippen LogP contribution >= 0.6 is 0 Å². The molecule has 0 unspecified atom stereocenters. The number of aromatic nitrogens is 1. The van der Waals surface area contributed by atoms with Crippen LogP contribution in [0.4, 0.5) is 18.0 Å². The molecule has 2 aromatic rings. The Labute approximate surface area is 182 Å². The van der Waals surface area contributed by atoms with Gasteiger partial charge in [-0.25, -0.2) is 4.79 Å². The molecule has 1 aliphatic heterocycles. The zero-order valence-corrected chi connectivity index (χ0v) is 17.7. The van der Waals surface area contributed by atoms with Gasteiger partial charge in [-0.05, 0) is 57.0 Å². The minimum absolute atomic E-state index is 0.0275. The van der Waals surface area contributed by atoms with Gasteiger partial charge in [0.25, 0.3) is 11.5 Å². The highest BCUT2D eigenvalue weighted by Gasteiger charge is 2.31. The molecule has 10 heteroatoms. The molecule has 1 saturated heterocycles.